The Morgan fingerprint density at radius 2 is 1.61 bits per heavy atom. The summed E-state index contributed by atoms with van der Waals surface area (Å²) in [5.41, 5.74) is 2.13. The molecule has 0 saturated heterocycles. The molecule has 0 aliphatic heterocycles. The lowest BCUT2D eigenvalue weighted by Crippen LogP contribution is -2.34. The van der Waals surface area contributed by atoms with Crippen molar-refractivity contribution in [2.45, 2.75) is 57.4 Å². The summed E-state index contributed by atoms with van der Waals surface area (Å²) in [6.45, 7) is 0.590. The average molecular weight is 380 g/mol. The van der Waals surface area contributed by atoms with E-state index in [9.17, 15) is 9.59 Å². The molecule has 148 valence electrons. The van der Waals surface area contributed by atoms with Crippen LogP contribution < -0.4 is 10.6 Å². The Hall–Kier alpha value is -2.69. The average Bonchev–Trinajstić information content (AvgIpc) is 3.00. The van der Waals surface area contributed by atoms with Crippen molar-refractivity contribution >= 4 is 11.8 Å². The van der Waals surface area contributed by atoms with Gasteiger partial charge in [0.2, 0.25) is 0 Å². The van der Waals surface area contributed by atoms with Crippen molar-refractivity contribution in [1.82, 2.24) is 15.6 Å². The first kappa shape index (κ1) is 20.1. The van der Waals surface area contributed by atoms with Gasteiger partial charge in [-0.1, -0.05) is 56.0 Å². The van der Waals surface area contributed by atoms with Crippen LogP contribution in [0.4, 0.5) is 0 Å². The maximum Gasteiger partial charge on any atom is 0.253 e. The van der Waals surface area contributed by atoms with E-state index in [0.717, 1.165) is 38.5 Å². The minimum absolute atomic E-state index is 0.141. The predicted molar refractivity (Wildman–Crippen MR) is 110 cm³/mol. The van der Waals surface area contributed by atoms with Crippen LogP contribution in [0.3, 0.4) is 0 Å². The van der Waals surface area contributed by atoms with Crippen LogP contribution in [0.1, 0.15) is 71.2 Å². The molecule has 0 bridgehead atoms. The van der Waals surface area contributed by atoms with Crippen molar-refractivity contribution < 1.29 is 9.59 Å². The number of benzene rings is 1. The van der Waals surface area contributed by atoms with Gasteiger partial charge in [-0.05, 0) is 37.3 Å². The van der Waals surface area contributed by atoms with Gasteiger partial charge in [0.1, 0.15) is 0 Å². The molecule has 1 heterocycles. The second-order valence-corrected chi connectivity index (χ2v) is 7.47. The molecule has 3 rings (SSSR count). The van der Waals surface area contributed by atoms with Crippen LogP contribution in [0.15, 0.2) is 48.8 Å². The molecule has 5 heteroatoms. The van der Waals surface area contributed by atoms with Gasteiger partial charge in [0.25, 0.3) is 11.8 Å². The molecular formula is C23H29N3O2. The molecule has 28 heavy (non-hydrogen) atoms. The SMILES string of the molecule is O=C(NCCCc1ccccc1)c1cncc(C(=O)NC2CCCCCC2)c1. The molecule has 0 spiro atoms. The molecule has 1 fully saturated rings. The summed E-state index contributed by atoms with van der Waals surface area (Å²) < 4.78 is 0. The number of amides is 2. The fraction of sp³-hybridized carbons (Fsp3) is 0.435. The number of hydrogen-bond donors (Lipinski definition) is 2. The molecule has 2 aromatic rings. The monoisotopic (exact) mass is 379 g/mol. The fourth-order valence-electron chi connectivity index (χ4n) is 3.62. The lowest BCUT2D eigenvalue weighted by molar-refractivity contribution is 0.0933. The molecule has 0 unspecified atom stereocenters. The van der Waals surface area contributed by atoms with Crippen molar-refractivity contribution in [2.24, 2.45) is 0 Å². The van der Waals surface area contributed by atoms with Gasteiger partial charge in [-0.15, -0.1) is 0 Å². The Bertz CT molecular complexity index is 768. The molecule has 2 N–H and O–H groups in total. The zero-order chi connectivity index (χ0) is 19.6. The Morgan fingerprint density at radius 3 is 2.32 bits per heavy atom. The van der Waals surface area contributed by atoms with E-state index in [2.05, 4.69) is 27.8 Å². The fourth-order valence-corrected chi connectivity index (χ4v) is 3.62. The number of aromatic nitrogens is 1. The first-order valence-corrected chi connectivity index (χ1v) is 10.3. The highest BCUT2D eigenvalue weighted by molar-refractivity contribution is 5.99. The summed E-state index contributed by atoms with van der Waals surface area (Å²) >= 11 is 0. The summed E-state index contributed by atoms with van der Waals surface area (Å²) in [6, 6.07) is 12.1. The molecular weight excluding hydrogens is 350 g/mol. The zero-order valence-electron chi connectivity index (χ0n) is 16.3. The molecule has 2 amide bonds. The molecule has 0 atom stereocenters. The van der Waals surface area contributed by atoms with Crippen molar-refractivity contribution in [2.75, 3.05) is 6.54 Å². The van der Waals surface area contributed by atoms with Crippen LogP contribution in [-0.2, 0) is 6.42 Å². The van der Waals surface area contributed by atoms with Crippen LogP contribution in [0.25, 0.3) is 0 Å². The van der Waals surface area contributed by atoms with Gasteiger partial charge in [-0.2, -0.15) is 0 Å². The largest absolute Gasteiger partial charge is 0.352 e. The molecule has 1 aliphatic carbocycles. The number of carbonyl (C=O) groups is 2. The molecule has 5 nitrogen and oxygen atoms in total. The van der Waals surface area contributed by atoms with E-state index in [-0.39, 0.29) is 17.9 Å². The third kappa shape index (κ3) is 6.19. The highest BCUT2D eigenvalue weighted by Gasteiger charge is 2.17. The van der Waals surface area contributed by atoms with E-state index in [1.165, 1.54) is 30.8 Å². The minimum Gasteiger partial charge on any atom is -0.352 e. The van der Waals surface area contributed by atoms with Crippen molar-refractivity contribution in [1.29, 1.82) is 0 Å². The lowest BCUT2D eigenvalue weighted by Gasteiger charge is -2.16. The summed E-state index contributed by atoms with van der Waals surface area (Å²) in [7, 11) is 0. The van der Waals surface area contributed by atoms with E-state index < -0.39 is 0 Å². The highest BCUT2D eigenvalue weighted by Crippen LogP contribution is 2.17. The van der Waals surface area contributed by atoms with Gasteiger partial charge >= 0.3 is 0 Å². The van der Waals surface area contributed by atoms with Gasteiger partial charge < -0.3 is 10.6 Å². The highest BCUT2D eigenvalue weighted by atomic mass is 16.2. The number of carbonyl (C=O) groups excluding carboxylic acids is 2. The molecule has 0 radical (unpaired) electrons. The van der Waals surface area contributed by atoms with E-state index in [0.29, 0.717) is 17.7 Å². The van der Waals surface area contributed by atoms with Crippen LogP contribution in [-0.4, -0.2) is 29.4 Å². The van der Waals surface area contributed by atoms with Gasteiger partial charge in [0, 0.05) is 25.0 Å². The number of aryl methyl sites for hydroxylation is 1. The van der Waals surface area contributed by atoms with E-state index >= 15 is 0 Å². The number of hydrogen-bond acceptors (Lipinski definition) is 3. The molecule has 1 saturated carbocycles. The Labute approximate surface area is 167 Å². The van der Waals surface area contributed by atoms with E-state index in [1.54, 1.807) is 6.07 Å². The quantitative estimate of drug-likeness (QED) is 0.566. The Kier molecular flexibility index (Phi) is 7.59. The summed E-state index contributed by atoms with van der Waals surface area (Å²) in [5.74, 6) is -0.331. The third-order valence-corrected chi connectivity index (χ3v) is 5.22. The smallest absolute Gasteiger partial charge is 0.253 e. The second kappa shape index (κ2) is 10.6. The summed E-state index contributed by atoms with van der Waals surface area (Å²) in [5, 5.41) is 6.02. The maximum absolute atomic E-state index is 12.5. The lowest BCUT2D eigenvalue weighted by atomic mass is 10.1. The standard InChI is InChI=1S/C23H29N3O2/c27-22(25-14-8-11-18-9-4-3-5-10-18)19-15-20(17-24-16-19)23(28)26-21-12-6-1-2-7-13-21/h3-5,9-10,15-17,21H,1-2,6-8,11-14H2,(H,25,27)(H,26,28). The van der Waals surface area contributed by atoms with Crippen molar-refractivity contribution in [3.8, 4) is 0 Å². The van der Waals surface area contributed by atoms with Gasteiger partial charge in [-0.25, -0.2) is 0 Å². The van der Waals surface area contributed by atoms with E-state index in [4.69, 9.17) is 0 Å². The van der Waals surface area contributed by atoms with Crippen LogP contribution in [0.5, 0.6) is 0 Å². The first-order chi connectivity index (χ1) is 13.7. The van der Waals surface area contributed by atoms with Gasteiger partial charge in [0.05, 0.1) is 11.1 Å². The van der Waals surface area contributed by atoms with Crippen LogP contribution in [0.2, 0.25) is 0 Å². The number of pyridine rings is 1. The normalized spacial score (nSPS) is 14.9. The van der Waals surface area contributed by atoms with Crippen LogP contribution in [0, 0.1) is 0 Å². The van der Waals surface area contributed by atoms with E-state index in [1.807, 2.05) is 18.2 Å². The zero-order valence-corrected chi connectivity index (χ0v) is 16.3. The van der Waals surface area contributed by atoms with Crippen molar-refractivity contribution in [3.05, 3.63) is 65.5 Å². The molecule has 1 aromatic carbocycles. The third-order valence-electron chi connectivity index (χ3n) is 5.22. The predicted octanol–water partition coefficient (Wildman–Crippen LogP) is 3.90. The Morgan fingerprint density at radius 1 is 0.929 bits per heavy atom. The molecule has 1 aliphatic rings. The number of nitrogens with one attached hydrogen (secondary N) is 2. The topological polar surface area (TPSA) is 71.1 Å². The van der Waals surface area contributed by atoms with Gasteiger partial charge in [0.15, 0.2) is 0 Å². The first-order valence-electron chi connectivity index (χ1n) is 10.3. The molecule has 1 aromatic heterocycles. The van der Waals surface area contributed by atoms with Crippen molar-refractivity contribution in [3.63, 3.8) is 0 Å². The summed E-state index contributed by atoms with van der Waals surface area (Å²) in [6.07, 6.45) is 11.7. The van der Waals surface area contributed by atoms with Crippen LogP contribution >= 0.6 is 0 Å². The number of rotatable bonds is 7. The second-order valence-electron chi connectivity index (χ2n) is 7.47. The maximum atomic E-state index is 12.5. The van der Waals surface area contributed by atoms with Gasteiger partial charge in [-0.3, -0.25) is 14.6 Å². The summed E-state index contributed by atoms with van der Waals surface area (Å²) in [4.78, 5) is 29.0. The Balaban J connectivity index is 1.48. The number of nitrogens with zero attached hydrogens (tertiary/aromatic N) is 1. The minimum atomic E-state index is -0.190.